The summed E-state index contributed by atoms with van der Waals surface area (Å²) in [6.45, 7) is 1.67. The maximum atomic E-state index is 12.0. The zero-order valence-electron chi connectivity index (χ0n) is 13.9. The van der Waals surface area contributed by atoms with Crippen molar-refractivity contribution in [2.24, 2.45) is 0 Å². The molecule has 0 aliphatic carbocycles. The fourth-order valence-electron chi connectivity index (χ4n) is 2.27. The van der Waals surface area contributed by atoms with Crippen molar-refractivity contribution in [2.45, 2.75) is 26.4 Å². The van der Waals surface area contributed by atoms with Gasteiger partial charge in [0.15, 0.2) is 24.8 Å². The number of aryl methyl sites for hydroxylation is 1. The van der Waals surface area contributed by atoms with Crippen molar-refractivity contribution in [1.82, 2.24) is 15.1 Å². The highest BCUT2D eigenvalue weighted by Crippen LogP contribution is 2.34. The van der Waals surface area contributed by atoms with E-state index in [1.54, 1.807) is 18.3 Å². The van der Waals surface area contributed by atoms with E-state index in [4.69, 9.17) is 25.6 Å². The summed E-state index contributed by atoms with van der Waals surface area (Å²) < 4.78 is 16.5. The Balaban J connectivity index is 1.62. The third kappa shape index (κ3) is 4.42. The van der Waals surface area contributed by atoms with E-state index in [1.165, 1.54) is 0 Å². The lowest BCUT2D eigenvalue weighted by molar-refractivity contribution is -0.148. The van der Waals surface area contributed by atoms with Crippen LogP contribution in [0, 0.1) is 3.57 Å². The Kier molecular flexibility index (Phi) is 6.25. The van der Waals surface area contributed by atoms with Gasteiger partial charge in [0.25, 0.3) is 5.89 Å². The van der Waals surface area contributed by atoms with Crippen molar-refractivity contribution in [1.29, 1.82) is 0 Å². The highest BCUT2D eigenvalue weighted by atomic mass is 127. The number of esters is 1. The minimum Gasteiger partial charge on any atom is -0.478 e. The number of ether oxygens (including phenoxy) is 2. The summed E-state index contributed by atoms with van der Waals surface area (Å²) in [6, 6.07) is 5.40. The van der Waals surface area contributed by atoms with Gasteiger partial charge in [-0.25, -0.2) is 4.79 Å². The average molecular weight is 488 g/mol. The van der Waals surface area contributed by atoms with Crippen LogP contribution in [0.1, 0.15) is 25.1 Å². The number of fused-ring (bicyclic) bond motifs is 1. The first-order chi connectivity index (χ1) is 12.6. The summed E-state index contributed by atoms with van der Waals surface area (Å²) in [5, 5.41) is 5.13. The van der Waals surface area contributed by atoms with Crippen LogP contribution in [-0.4, -0.2) is 27.7 Å². The Morgan fingerprint density at radius 2 is 2.27 bits per heavy atom. The molecular weight excluding hydrogens is 473 g/mol. The number of carbonyl (C=O) groups is 1. The largest absolute Gasteiger partial charge is 0.478 e. The molecule has 136 valence electrons. The molecule has 2 aromatic heterocycles. The first-order valence-electron chi connectivity index (χ1n) is 7.91. The van der Waals surface area contributed by atoms with E-state index < -0.39 is 5.97 Å². The summed E-state index contributed by atoms with van der Waals surface area (Å²) >= 11 is 8.31. The first-order valence-corrected chi connectivity index (χ1v) is 9.36. The second-order valence-corrected chi connectivity index (χ2v) is 6.94. The van der Waals surface area contributed by atoms with Crippen LogP contribution < -0.4 is 4.74 Å². The second kappa shape index (κ2) is 8.63. The molecule has 0 fully saturated rings. The van der Waals surface area contributed by atoms with Crippen molar-refractivity contribution in [3.8, 4) is 5.75 Å². The summed E-state index contributed by atoms with van der Waals surface area (Å²) in [5.74, 6) is 0.804. The summed E-state index contributed by atoms with van der Waals surface area (Å²) in [7, 11) is 0. The summed E-state index contributed by atoms with van der Waals surface area (Å²) in [6.07, 6.45) is 3.27. The topological polar surface area (TPSA) is 87.3 Å². The maximum absolute atomic E-state index is 12.0. The molecule has 0 saturated heterocycles. The fraction of sp³-hybridized carbons (Fsp3) is 0.294. The van der Waals surface area contributed by atoms with Crippen molar-refractivity contribution in [2.75, 3.05) is 6.61 Å². The van der Waals surface area contributed by atoms with Gasteiger partial charge in [-0.2, -0.15) is 4.98 Å². The smallest absolute Gasteiger partial charge is 0.344 e. The van der Waals surface area contributed by atoms with Gasteiger partial charge in [-0.3, -0.25) is 4.98 Å². The van der Waals surface area contributed by atoms with Gasteiger partial charge in [0.05, 0.1) is 8.59 Å². The van der Waals surface area contributed by atoms with Crippen LogP contribution in [0.5, 0.6) is 5.75 Å². The number of aromatic nitrogens is 3. The predicted octanol–water partition coefficient (Wildman–Crippen LogP) is 3.95. The second-order valence-electron chi connectivity index (χ2n) is 5.37. The molecule has 0 spiro atoms. The number of hydrogen-bond acceptors (Lipinski definition) is 7. The Labute approximate surface area is 168 Å². The number of pyridine rings is 1. The molecule has 0 unspecified atom stereocenters. The maximum Gasteiger partial charge on any atom is 0.344 e. The number of carbonyl (C=O) groups excluding carboxylic acids is 1. The van der Waals surface area contributed by atoms with Crippen LogP contribution in [0.4, 0.5) is 0 Å². The Morgan fingerprint density at radius 1 is 1.42 bits per heavy atom. The van der Waals surface area contributed by atoms with Gasteiger partial charge < -0.3 is 14.0 Å². The number of benzene rings is 1. The minimum absolute atomic E-state index is 0.0877. The Bertz CT molecular complexity index is 932. The van der Waals surface area contributed by atoms with Crippen molar-refractivity contribution < 1.29 is 18.8 Å². The van der Waals surface area contributed by atoms with E-state index in [-0.39, 0.29) is 19.1 Å². The van der Waals surface area contributed by atoms with E-state index in [9.17, 15) is 4.79 Å². The molecule has 0 aliphatic heterocycles. The van der Waals surface area contributed by atoms with Crippen molar-refractivity contribution in [3.63, 3.8) is 0 Å². The van der Waals surface area contributed by atoms with Crippen molar-refractivity contribution in [3.05, 3.63) is 44.7 Å². The lowest BCUT2D eigenvalue weighted by atomic mass is 10.2. The van der Waals surface area contributed by atoms with E-state index in [2.05, 4.69) is 37.7 Å². The highest BCUT2D eigenvalue weighted by Gasteiger charge is 2.15. The van der Waals surface area contributed by atoms with Crippen LogP contribution in [0.2, 0.25) is 5.02 Å². The number of halogens is 2. The molecule has 26 heavy (non-hydrogen) atoms. The standard InChI is InChI=1S/C17H15ClIN3O4/c1-2-4-13-21-14(26-22-13)8-24-15(23)9-25-17-12(19)7-11(18)10-5-3-6-20-16(10)17/h3,5-7H,2,4,8-9H2,1H3. The molecule has 9 heteroatoms. The quantitative estimate of drug-likeness (QED) is 0.368. The molecule has 0 N–H and O–H groups in total. The molecule has 7 nitrogen and oxygen atoms in total. The van der Waals surface area contributed by atoms with Gasteiger partial charge in [0, 0.05) is 18.0 Å². The number of hydrogen-bond donors (Lipinski definition) is 0. The van der Waals surface area contributed by atoms with Gasteiger partial charge in [-0.15, -0.1) is 0 Å². The molecule has 0 aliphatic rings. The van der Waals surface area contributed by atoms with Gasteiger partial charge in [-0.05, 0) is 47.2 Å². The summed E-state index contributed by atoms with van der Waals surface area (Å²) in [4.78, 5) is 20.4. The number of nitrogens with zero attached hydrogens (tertiary/aromatic N) is 3. The Morgan fingerprint density at radius 3 is 3.08 bits per heavy atom. The molecule has 3 aromatic rings. The third-order valence-corrected chi connectivity index (χ3v) is 4.54. The van der Waals surface area contributed by atoms with Gasteiger partial charge in [0.2, 0.25) is 0 Å². The van der Waals surface area contributed by atoms with Crippen LogP contribution >= 0.6 is 34.2 Å². The molecule has 0 atom stereocenters. The normalized spacial score (nSPS) is 10.9. The minimum atomic E-state index is -0.546. The summed E-state index contributed by atoms with van der Waals surface area (Å²) in [5.41, 5.74) is 0.596. The third-order valence-electron chi connectivity index (χ3n) is 3.43. The molecule has 2 heterocycles. The van der Waals surface area contributed by atoms with Crippen LogP contribution in [0.25, 0.3) is 10.9 Å². The van der Waals surface area contributed by atoms with Crippen LogP contribution in [0.15, 0.2) is 28.9 Å². The monoisotopic (exact) mass is 487 g/mol. The average Bonchev–Trinajstić information content (AvgIpc) is 3.08. The van der Waals surface area contributed by atoms with Gasteiger partial charge in [-0.1, -0.05) is 23.7 Å². The SMILES string of the molecule is CCCc1noc(COC(=O)COc2c(I)cc(Cl)c3cccnc23)n1. The lowest BCUT2D eigenvalue weighted by Gasteiger charge is -2.11. The molecule has 0 radical (unpaired) electrons. The molecule has 1 aromatic carbocycles. The van der Waals surface area contributed by atoms with E-state index in [1.807, 2.05) is 13.0 Å². The lowest BCUT2D eigenvalue weighted by Crippen LogP contribution is -2.15. The fourth-order valence-corrected chi connectivity index (χ4v) is 3.44. The highest BCUT2D eigenvalue weighted by molar-refractivity contribution is 14.1. The number of rotatable bonds is 7. The molecular formula is C17H15ClIN3O4. The zero-order valence-corrected chi connectivity index (χ0v) is 16.8. The van der Waals surface area contributed by atoms with Crippen LogP contribution in [-0.2, 0) is 22.6 Å². The van der Waals surface area contributed by atoms with E-state index in [0.29, 0.717) is 22.1 Å². The van der Waals surface area contributed by atoms with Gasteiger partial charge in [0.1, 0.15) is 5.52 Å². The molecule has 0 bridgehead atoms. The predicted molar refractivity (Wildman–Crippen MR) is 103 cm³/mol. The molecule has 0 amide bonds. The van der Waals surface area contributed by atoms with Crippen molar-refractivity contribution >= 4 is 51.1 Å². The van der Waals surface area contributed by atoms with Crippen LogP contribution in [0.3, 0.4) is 0 Å². The molecule has 0 saturated carbocycles. The van der Waals surface area contributed by atoms with E-state index >= 15 is 0 Å². The van der Waals surface area contributed by atoms with E-state index in [0.717, 1.165) is 21.8 Å². The first kappa shape index (κ1) is 18.8. The Hall–Kier alpha value is -1.94. The zero-order chi connectivity index (χ0) is 18.5. The molecule has 3 rings (SSSR count). The van der Waals surface area contributed by atoms with Gasteiger partial charge >= 0.3 is 5.97 Å².